The number of anilines is 3. The monoisotopic (exact) mass is 598 g/mol. The number of ether oxygens (including phenoxy) is 2. The Labute approximate surface area is 242 Å². The third-order valence-electron chi connectivity index (χ3n) is 6.64. The lowest BCUT2D eigenvalue weighted by Crippen LogP contribution is -2.38. The van der Waals surface area contributed by atoms with E-state index in [0.717, 1.165) is 38.1 Å². The molecule has 1 aromatic heterocycles. The third kappa shape index (κ3) is 6.83. The number of benzene rings is 2. The average Bonchev–Trinajstić information content (AvgIpc) is 3.02. The summed E-state index contributed by atoms with van der Waals surface area (Å²) < 4.78 is 41.7. The topological polar surface area (TPSA) is 175 Å². The molecule has 16 heteroatoms. The Bertz CT molecular complexity index is 1520. The summed E-state index contributed by atoms with van der Waals surface area (Å²) in [6.45, 7) is 4.28. The van der Waals surface area contributed by atoms with Crippen molar-refractivity contribution in [3.8, 4) is 11.5 Å². The van der Waals surface area contributed by atoms with Gasteiger partial charge in [-0.15, -0.1) is 0 Å². The van der Waals surface area contributed by atoms with Crippen molar-refractivity contribution in [1.82, 2.24) is 15.0 Å². The highest BCUT2D eigenvalue weighted by Crippen LogP contribution is 2.32. The van der Waals surface area contributed by atoms with E-state index in [1.165, 1.54) is 44.0 Å². The zero-order valence-corrected chi connectivity index (χ0v) is 23.7. The van der Waals surface area contributed by atoms with Gasteiger partial charge in [0.15, 0.2) is 16.4 Å². The van der Waals surface area contributed by atoms with Crippen LogP contribution in [0.1, 0.15) is 24.8 Å². The SMILES string of the molecule is COc1cc(C=NNc2nc(N3CCCCC3)nc(N3CCOCC3)n2)ccc1OS(=O)(=O)c1ccccc1[N+](=O)[O-]. The predicted molar refractivity (Wildman–Crippen MR) is 154 cm³/mol. The zero-order valence-electron chi connectivity index (χ0n) is 22.9. The molecule has 3 aromatic rings. The number of para-hydroxylation sites is 1. The van der Waals surface area contributed by atoms with Crippen molar-refractivity contribution in [1.29, 1.82) is 0 Å². The molecule has 2 fully saturated rings. The number of hydrazone groups is 1. The van der Waals surface area contributed by atoms with Gasteiger partial charge in [0, 0.05) is 32.2 Å². The van der Waals surface area contributed by atoms with Crippen LogP contribution >= 0.6 is 0 Å². The maximum atomic E-state index is 12.8. The predicted octanol–water partition coefficient (Wildman–Crippen LogP) is 2.83. The summed E-state index contributed by atoms with van der Waals surface area (Å²) in [6.07, 6.45) is 4.81. The first-order valence-electron chi connectivity index (χ1n) is 13.3. The molecule has 2 aromatic carbocycles. The number of nitrogens with zero attached hydrogens (tertiary/aromatic N) is 7. The Kier molecular flexibility index (Phi) is 8.92. The standard InChI is InChI=1S/C26H30N8O7S/c1-39-22-17-19(9-10-21(22)41-42(37,38)23-8-4-3-7-20(23)34(35)36)18-27-31-24-28-25(32-11-5-2-6-12-32)30-26(29-24)33-13-15-40-16-14-33/h3-4,7-10,17-18H,2,5-6,11-16H2,1H3,(H,28,29,30,31). The van der Waals surface area contributed by atoms with Gasteiger partial charge in [-0.25, -0.2) is 5.43 Å². The second-order valence-electron chi connectivity index (χ2n) is 9.45. The van der Waals surface area contributed by atoms with Crippen LogP contribution in [0.15, 0.2) is 52.5 Å². The molecule has 0 spiro atoms. The number of rotatable bonds is 10. The molecule has 0 atom stereocenters. The van der Waals surface area contributed by atoms with Crippen molar-refractivity contribution < 1.29 is 27.0 Å². The van der Waals surface area contributed by atoms with Crippen LogP contribution in [0.2, 0.25) is 0 Å². The fraction of sp³-hybridized carbons (Fsp3) is 0.385. The van der Waals surface area contributed by atoms with Gasteiger partial charge in [-0.3, -0.25) is 10.1 Å². The van der Waals surface area contributed by atoms with Crippen LogP contribution in [0.4, 0.5) is 23.5 Å². The lowest BCUT2D eigenvalue weighted by Gasteiger charge is -2.30. The Morgan fingerprint density at radius 2 is 1.67 bits per heavy atom. The second kappa shape index (κ2) is 12.9. The Balaban J connectivity index is 1.34. The van der Waals surface area contributed by atoms with Gasteiger partial charge in [-0.05, 0) is 49.1 Å². The van der Waals surface area contributed by atoms with Crippen molar-refractivity contribution in [3.63, 3.8) is 0 Å². The number of hydrogen-bond acceptors (Lipinski definition) is 14. The van der Waals surface area contributed by atoms with E-state index in [1.807, 2.05) is 0 Å². The first kappa shape index (κ1) is 28.9. The minimum atomic E-state index is -4.52. The molecule has 15 nitrogen and oxygen atoms in total. The maximum absolute atomic E-state index is 12.8. The van der Waals surface area contributed by atoms with Crippen LogP contribution in [-0.4, -0.2) is 81.0 Å². The first-order valence-corrected chi connectivity index (χ1v) is 14.7. The lowest BCUT2D eigenvalue weighted by molar-refractivity contribution is -0.387. The Morgan fingerprint density at radius 1 is 0.976 bits per heavy atom. The van der Waals surface area contributed by atoms with Gasteiger partial charge in [0.25, 0.3) is 5.69 Å². The number of methoxy groups -OCH3 is 1. The van der Waals surface area contributed by atoms with Crippen LogP contribution in [0.3, 0.4) is 0 Å². The molecule has 2 saturated heterocycles. The minimum Gasteiger partial charge on any atom is -0.493 e. The molecule has 42 heavy (non-hydrogen) atoms. The Morgan fingerprint density at radius 3 is 2.36 bits per heavy atom. The zero-order chi connectivity index (χ0) is 29.5. The van der Waals surface area contributed by atoms with Crippen molar-refractivity contribution in [2.45, 2.75) is 24.2 Å². The van der Waals surface area contributed by atoms with Crippen molar-refractivity contribution >= 4 is 39.9 Å². The smallest absolute Gasteiger partial charge is 0.346 e. The van der Waals surface area contributed by atoms with E-state index in [0.29, 0.717) is 43.8 Å². The van der Waals surface area contributed by atoms with Crippen molar-refractivity contribution in [3.05, 3.63) is 58.1 Å². The van der Waals surface area contributed by atoms with Crippen LogP contribution in [0.5, 0.6) is 11.5 Å². The van der Waals surface area contributed by atoms with Crippen LogP contribution in [0.25, 0.3) is 0 Å². The van der Waals surface area contributed by atoms with E-state index in [-0.39, 0.29) is 17.4 Å². The number of aromatic nitrogens is 3. The molecule has 2 aliphatic heterocycles. The van der Waals surface area contributed by atoms with Crippen LogP contribution in [-0.2, 0) is 14.9 Å². The van der Waals surface area contributed by atoms with Gasteiger partial charge < -0.3 is 23.5 Å². The number of nitrogens with one attached hydrogen (secondary N) is 1. The summed E-state index contributed by atoms with van der Waals surface area (Å²) in [5.41, 5.74) is 2.83. The molecule has 0 bridgehead atoms. The summed E-state index contributed by atoms with van der Waals surface area (Å²) >= 11 is 0. The molecule has 0 unspecified atom stereocenters. The first-order chi connectivity index (χ1) is 20.3. The summed E-state index contributed by atoms with van der Waals surface area (Å²) in [4.78, 5) is 28.0. The number of nitro benzene ring substituents is 1. The highest BCUT2D eigenvalue weighted by molar-refractivity contribution is 7.87. The van der Waals surface area contributed by atoms with Gasteiger partial charge in [0.1, 0.15) is 0 Å². The quantitative estimate of drug-likeness (QED) is 0.156. The third-order valence-corrected chi connectivity index (χ3v) is 7.92. The second-order valence-corrected chi connectivity index (χ2v) is 11.0. The normalized spacial score (nSPS) is 15.9. The van der Waals surface area contributed by atoms with Gasteiger partial charge >= 0.3 is 10.1 Å². The van der Waals surface area contributed by atoms with Gasteiger partial charge in [-0.2, -0.15) is 28.5 Å². The maximum Gasteiger partial charge on any atom is 0.346 e. The molecule has 5 rings (SSSR count). The van der Waals surface area contributed by atoms with E-state index < -0.39 is 25.6 Å². The van der Waals surface area contributed by atoms with E-state index >= 15 is 0 Å². The molecule has 0 radical (unpaired) electrons. The molecule has 0 amide bonds. The summed E-state index contributed by atoms with van der Waals surface area (Å²) in [6, 6.07) is 9.39. The molecule has 0 saturated carbocycles. The molecule has 2 aliphatic rings. The van der Waals surface area contributed by atoms with E-state index in [1.54, 1.807) is 6.07 Å². The van der Waals surface area contributed by atoms with E-state index in [9.17, 15) is 18.5 Å². The number of piperidine rings is 1. The molecular formula is C26H30N8O7S. The van der Waals surface area contributed by atoms with Gasteiger partial charge in [0.2, 0.25) is 17.8 Å². The average molecular weight is 599 g/mol. The molecule has 222 valence electrons. The highest BCUT2D eigenvalue weighted by atomic mass is 32.2. The van der Waals surface area contributed by atoms with Gasteiger partial charge in [0.05, 0.1) is 31.5 Å². The number of morpholine rings is 1. The van der Waals surface area contributed by atoms with Gasteiger partial charge in [-0.1, -0.05) is 12.1 Å². The molecule has 1 N–H and O–H groups in total. The highest BCUT2D eigenvalue weighted by Gasteiger charge is 2.28. The largest absolute Gasteiger partial charge is 0.493 e. The summed E-state index contributed by atoms with van der Waals surface area (Å²) in [5, 5.41) is 15.6. The van der Waals surface area contributed by atoms with Crippen molar-refractivity contribution in [2.24, 2.45) is 5.10 Å². The minimum absolute atomic E-state index is 0.0864. The molecule has 0 aliphatic carbocycles. The number of hydrogen-bond donors (Lipinski definition) is 1. The number of nitro groups is 1. The van der Waals surface area contributed by atoms with Crippen molar-refractivity contribution in [2.75, 3.05) is 61.7 Å². The van der Waals surface area contributed by atoms with Crippen LogP contribution in [0, 0.1) is 10.1 Å². The lowest BCUT2D eigenvalue weighted by atomic mass is 10.1. The van der Waals surface area contributed by atoms with E-state index in [2.05, 4.69) is 30.3 Å². The fourth-order valence-corrected chi connectivity index (χ4v) is 5.63. The summed E-state index contributed by atoms with van der Waals surface area (Å²) in [5.74, 6) is 1.37. The molecule has 3 heterocycles. The Hall–Kier alpha value is -4.57. The fourth-order valence-electron chi connectivity index (χ4n) is 4.52. The van der Waals surface area contributed by atoms with Crippen LogP contribution < -0.4 is 24.1 Å². The molecular weight excluding hydrogens is 568 g/mol. The summed E-state index contributed by atoms with van der Waals surface area (Å²) in [7, 11) is -3.17. The van der Waals surface area contributed by atoms with E-state index in [4.69, 9.17) is 18.6 Å².